The molecule has 0 saturated carbocycles. The normalized spacial score (nSPS) is 24.9. The number of rotatable bonds is 4. The van der Waals surface area contributed by atoms with Crippen molar-refractivity contribution in [3.8, 4) is 0 Å². The largest absolute Gasteiger partial charge is 0.388 e. The van der Waals surface area contributed by atoms with Gasteiger partial charge in [0.2, 0.25) is 0 Å². The Morgan fingerprint density at radius 1 is 1.42 bits per heavy atom. The van der Waals surface area contributed by atoms with Gasteiger partial charge in [-0.15, -0.1) is 11.3 Å². The van der Waals surface area contributed by atoms with E-state index in [1.165, 1.54) is 15.0 Å². The smallest absolute Gasteiger partial charge is 0.0869 e. The van der Waals surface area contributed by atoms with Gasteiger partial charge in [0, 0.05) is 27.9 Å². The van der Waals surface area contributed by atoms with Crippen molar-refractivity contribution in [3.63, 3.8) is 0 Å². The van der Waals surface area contributed by atoms with E-state index in [0.29, 0.717) is 12.6 Å². The van der Waals surface area contributed by atoms with Crippen LogP contribution < -0.4 is 5.32 Å². The van der Waals surface area contributed by atoms with Gasteiger partial charge >= 0.3 is 0 Å². The maximum Gasteiger partial charge on any atom is 0.0869 e. The molecule has 1 saturated heterocycles. The van der Waals surface area contributed by atoms with Gasteiger partial charge in [-0.3, -0.25) is 0 Å². The summed E-state index contributed by atoms with van der Waals surface area (Å²) >= 11 is 3.68. The third-order valence-electron chi connectivity index (χ3n) is 3.69. The molecular weight excluding hydrogens is 274 g/mol. The van der Waals surface area contributed by atoms with E-state index in [-0.39, 0.29) is 0 Å². The van der Waals surface area contributed by atoms with Crippen LogP contribution >= 0.6 is 23.1 Å². The molecule has 2 heterocycles. The van der Waals surface area contributed by atoms with Crippen LogP contribution in [0.2, 0.25) is 0 Å². The zero-order chi connectivity index (χ0) is 13.3. The Labute approximate surface area is 122 Å². The Balaban J connectivity index is 1.68. The molecule has 2 N–H and O–H groups in total. The van der Waals surface area contributed by atoms with Gasteiger partial charge in [-0.25, -0.2) is 0 Å². The minimum atomic E-state index is -0.504. The Hall–Kier alpha value is -0.550. The molecule has 0 aliphatic carbocycles. The van der Waals surface area contributed by atoms with Gasteiger partial charge < -0.3 is 10.4 Å². The van der Waals surface area contributed by atoms with Crippen LogP contribution in [0.15, 0.2) is 30.3 Å². The molecule has 4 heteroatoms. The molecule has 0 unspecified atom stereocenters. The van der Waals surface area contributed by atoms with Gasteiger partial charge in [-0.05, 0) is 36.6 Å². The molecule has 1 aromatic heterocycles. The third kappa shape index (κ3) is 2.97. The summed E-state index contributed by atoms with van der Waals surface area (Å²) < 4.78 is 1.33. The molecule has 3 rings (SSSR count). The van der Waals surface area contributed by atoms with Crippen molar-refractivity contribution < 1.29 is 5.11 Å². The van der Waals surface area contributed by atoms with Gasteiger partial charge in [0.1, 0.15) is 0 Å². The minimum absolute atomic E-state index is 0.298. The molecule has 0 amide bonds. The Kier molecular flexibility index (Phi) is 3.85. The summed E-state index contributed by atoms with van der Waals surface area (Å²) in [7, 11) is 0. The van der Waals surface area contributed by atoms with Crippen molar-refractivity contribution >= 4 is 33.2 Å². The van der Waals surface area contributed by atoms with E-state index in [0.717, 1.165) is 17.9 Å². The van der Waals surface area contributed by atoms with Gasteiger partial charge in [0.15, 0.2) is 0 Å². The molecule has 0 radical (unpaired) electrons. The van der Waals surface area contributed by atoms with Crippen LogP contribution in [-0.2, 0) is 0 Å². The monoisotopic (exact) mass is 293 g/mol. The van der Waals surface area contributed by atoms with Crippen molar-refractivity contribution in [1.29, 1.82) is 0 Å². The van der Waals surface area contributed by atoms with Crippen molar-refractivity contribution in [2.75, 3.05) is 18.1 Å². The summed E-state index contributed by atoms with van der Waals surface area (Å²) in [5.74, 6) is 1.94. The number of benzene rings is 1. The number of hydrogen-bond donors (Lipinski definition) is 2. The van der Waals surface area contributed by atoms with E-state index in [2.05, 4.69) is 42.6 Å². The first kappa shape index (κ1) is 13.4. The summed E-state index contributed by atoms with van der Waals surface area (Å²) in [6.07, 6.45) is 0.907. The maximum absolute atomic E-state index is 10.3. The lowest BCUT2D eigenvalue weighted by Crippen LogP contribution is -2.41. The van der Waals surface area contributed by atoms with Crippen LogP contribution in [0.4, 0.5) is 0 Å². The Morgan fingerprint density at radius 2 is 2.26 bits per heavy atom. The summed E-state index contributed by atoms with van der Waals surface area (Å²) in [6, 6.07) is 11.0. The van der Waals surface area contributed by atoms with Crippen LogP contribution in [0, 0.1) is 0 Å². The zero-order valence-corrected chi connectivity index (χ0v) is 12.7. The third-order valence-corrected chi connectivity index (χ3v) is 6.22. The fraction of sp³-hybridized carbons (Fsp3) is 0.467. The highest BCUT2D eigenvalue weighted by molar-refractivity contribution is 7.99. The Morgan fingerprint density at radius 3 is 3.00 bits per heavy atom. The molecule has 0 spiro atoms. The van der Waals surface area contributed by atoms with Crippen molar-refractivity contribution in [2.45, 2.75) is 25.0 Å². The number of thiophene rings is 1. The fourth-order valence-electron chi connectivity index (χ4n) is 2.40. The van der Waals surface area contributed by atoms with Crippen LogP contribution in [0.1, 0.15) is 24.3 Å². The molecule has 2 aromatic rings. The lowest BCUT2D eigenvalue weighted by molar-refractivity contribution is 0.0652. The van der Waals surface area contributed by atoms with E-state index in [9.17, 15) is 5.11 Å². The second-order valence-corrected chi connectivity index (χ2v) is 7.54. The van der Waals surface area contributed by atoms with Crippen molar-refractivity contribution in [1.82, 2.24) is 5.32 Å². The van der Waals surface area contributed by atoms with E-state index >= 15 is 0 Å². The summed E-state index contributed by atoms with van der Waals surface area (Å²) in [5, 5.41) is 15.1. The van der Waals surface area contributed by atoms with Crippen LogP contribution in [0.25, 0.3) is 10.1 Å². The van der Waals surface area contributed by atoms with E-state index in [1.54, 1.807) is 0 Å². The van der Waals surface area contributed by atoms with Gasteiger partial charge in [-0.1, -0.05) is 18.2 Å². The second-order valence-electron chi connectivity index (χ2n) is 5.32. The summed E-state index contributed by atoms with van der Waals surface area (Å²) in [6.45, 7) is 2.87. The highest BCUT2D eigenvalue weighted by atomic mass is 32.2. The molecule has 0 bridgehead atoms. The molecule has 2 atom stereocenters. The quantitative estimate of drug-likeness (QED) is 0.906. The molecular formula is C15H19NOS2. The van der Waals surface area contributed by atoms with Gasteiger partial charge in [-0.2, -0.15) is 11.8 Å². The van der Waals surface area contributed by atoms with E-state index in [4.69, 9.17) is 0 Å². The average molecular weight is 293 g/mol. The molecule has 1 fully saturated rings. The highest BCUT2D eigenvalue weighted by Gasteiger charge is 2.31. The fourth-order valence-corrected chi connectivity index (χ4v) is 4.78. The number of thioether (sulfide) groups is 1. The van der Waals surface area contributed by atoms with Crippen molar-refractivity contribution in [2.24, 2.45) is 0 Å². The first-order valence-corrected chi connectivity index (χ1v) is 8.65. The number of fused-ring (bicyclic) bond motifs is 1. The van der Waals surface area contributed by atoms with Crippen LogP contribution in [-0.4, -0.2) is 28.8 Å². The van der Waals surface area contributed by atoms with E-state index in [1.807, 2.05) is 23.1 Å². The highest BCUT2D eigenvalue weighted by Crippen LogP contribution is 2.31. The van der Waals surface area contributed by atoms with Gasteiger partial charge in [0.05, 0.1) is 5.60 Å². The van der Waals surface area contributed by atoms with Crippen molar-refractivity contribution in [3.05, 3.63) is 35.2 Å². The SMILES string of the molecule is C[C@@H](NC[C@]1(O)CCSC1)c1cc2ccccc2s1. The first-order chi connectivity index (χ1) is 9.16. The average Bonchev–Trinajstić information content (AvgIpc) is 3.02. The molecule has 2 nitrogen and oxygen atoms in total. The molecule has 1 aromatic carbocycles. The predicted molar refractivity (Wildman–Crippen MR) is 85.1 cm³/mol. The topological polar surface area (TPSA) is 32.3 Å². The van der Waals surface area contributed by atoms with E-state index < -0.39 is 5.60 Å². The predicted octanol–water partition coefficient (Wildman–Crippen LogP) is 3.42. The minimum Gasteiger partial charge on any atom is -0.388 e. The molecule has 19 heavy (non-hydrogen) atoms. The number of hydrogen-bond acceptors (Lipinski definition) is 4. The summed E-state index contributed by atoms with van der Waals surface area (Å²) in [5.41, 5.74) is -0.504. The van der Waals surface area contributed by atoms with Crippen LogP contribution in [0.5, 0.6) is 0 Å². The number of aliphatic hydroxyl groups is 1. The number of nitrogens with one attached hydrogen (secondary N) is 1. The lowest BCUT2D eigenvalue weighted by Gasteiger charge is -2.24. The second kappa shape index (κ2) is 5.44. The first-order valence-electron chi connectivity index (χ1n) is 6.68. The van der Waals surface area contributed by atoms with Gasteiger partial charge in [0.25, 0.3) is 0 Å². The maximum atomic E-state index is 10.3. The van der Waals surface area contributed by atoms with Crippen LogP contribution in [0.3, 0.4) is 0 Å². The molecule has 1 aliphatic heterocycles. The standard InChI is InChI=1S/C15H19NOS2/c1-11(16-9-15(17)6-7-18-10-15)14-8-12-4-2-3-5-13(12)19-14/h2-5,8,11,16-17H,6-7,9-10H2,1H3/t11-,15-/m1/s1. The molecule has 102 valence electrons. The Bertz CT molecular complexity index is 527. The molecule has 1 aliphatic rings. The summed E-state index contributed by atoms with van der Waals surface area (Å²) in [4.78, 5) is 1.34. The lowest BCUT2D eigenvalue weighted by atomic mass is 10.0. The zero-order valence-electron chi connectivity index (χ0n) is 11.1.